The quantitative estimate of drug-likeness (QED) is 0.252. The van der Waals surface area contributed by atoms with Crippen molar-refractivity contribution in [3.05, 3.63) is 23.2 Å². The Bertz CT molecular complexity index is 1210. The average Bonchev–Trinajstić information content (AvgIpc) is 3.36. The molecule has 1 aliphatic heterocycles. The first-order valence-electron chi connectivity index (χ1n) is 10.3. The molecule has 0 spiro atoms. The predicted octanol–water partition coefficient (Wildman–Crippen LogP) is 1.27. The standard InChI is InChI=1S/C17H23ClF2N4O9P2/c18-13-3-10(22-9-1-2-16(19,20)4-9)11-5-21-15(24(11)23-13)17(26)7-32-12(14(17)25)6-33-35(30,31)8-34(27,28)29/h3,5,9,12,14,22,25-26H,1-2,4,6-8H2,(H,30,31)(H2,27,28,29)/t9-,12-,14-,17+/m1/s1. The van der Waals surface area contributed by atoms with Crippen molar-refractivity contribution in [3.8, 4) is 0 Å². The fourth-order valence-corrected chi connectivity index (χ4v) is 6.92. The highest BCUT2D eigenvalue weighted by Crippen LogP contribution is 2.55. The topological polar surface area (TPSA) is 196 Å². The summed E-state index contributed by atoms with van der Waals surface area (Å²) in [6, 6.07) is 0.888. The van der Waals surface area contributed by atoms with Crippen LogP contribution in [0.4, 0.5) is 14.5 Å². The summed E-state index contributed by atoms with van der Waals surface area (Å²) >= 11 is 6.10. The highest BCUT2D eigenvalue weighted by Gasteiger charge is 2.53. The number of hydrogen-bond acceptors (Lipinski definition) is 9. The van der Waals surface area contributed by atoms with Gasteiger partial charge in [-0.1, -0.05) is 11.6 Å². The van der Waals surface area contributed by atoms with Gasteiger partial charge in [0.25, 0.3) is 0 Å². The van der Waals surface area contributed by atoms with Crippen molar-refractivity contribution in [2.45, 2.75) is 49.0 Å². The zero-order chi connectivity index (χ0) is 25.8. The number of ether oxygens (including phenoxy) is 1. The minimum absolute atomic E-state index is 0.0560. The molecule has 0 bridgehead atoms. The molecule has 0 amide bonds. The normalized spacial score (nSPS) is 30.6. The molecule has 196 valence electrons. The smallest absolute Gasteiger partial charge is 0.340 e. The van der Waals surface area contributed by atoms with Crippen molar-refractivity contribution < 1.29 is 52.1 Å². The Morgan fingerprint density at radius 2 is 2.06 bits per heavy atom. The number of imidazole rings is 1. The van der Waals surface area contributed by atoms with Crippen molar-refractivity contribution in [2.24, 2.45) is 0 Å². The number of alkyl halides is 2. The summed E-state index contributed by atoms with van der Waals surface area (Å²) in [7, 11) is -9.58. The molecule has 2 fully saturated rings. The first-order chi connectivity index (χ1) is 16.1. The van der Waals surface area contributed by atoms with Crippen LogP contribution in [0.2, 0.25) is 5.15 Å². The van der Waals surface area contributed by atoms with Gasteiger partial charge in [0.2, 0.25) is 5.92 Å². The van der Waals surface area contributed by atoms with Gasteiger partial charge in [-0.2, -0.15) is 5.10 Å². The van der Waals surface area contributed by atoms with Crippen LogP contribution in [0.15, 0.2) is 12.3 Å². The fraction of sp³-hybridized carbons (Fsp3) is 0.647. The van der Waals surface area contributed by atoms with Crippen LogP contribution in [-0.2, 0) is 24.0 Å². The summed E-state index contributed by atoms with van der Waals surface area (Å²) in [6.07, 6.45) is -2.21. The van der Waals surface area contributed by atoms with Crippen LogP contribution in [0.25, 0.3) is 5.52 Å². The number of aliphatic hydroxyl groups excluding tert-OH is 1. The number of aromatic nitrogens is 3. The molecule has 6 N–H and O–H groups in total. The molecule has 1 saturated heterocycles. The lowest BCUT2D eigenvalue weighted by Crippen LogP contribution is -2.44. The maximum absolute atomic E-state index is 13.6. The van der Waals surface area contributed by atoms with Gasteiger partial charge in [-0.15, -0.1) is 0 Å². The van der Waals surface area contributed by atoms with Gasteiger partial charge < -0.3 is 39.5 Å². The van der Waals surface area contributed by atoms with Gasteiger partial charge in [0.1, 0.15) is 17.7 Å². The van der Waals surface area contributed by atoms with Crippen molar-refractivity contribution in [3.63, 3.8) is 0 Å². The summed E-state index contributed by atoms with van der Waals surface area (Å²) < 4.78 is 61.1. The molecule has 1 saturated carbocycles. The van der Waals surface area contributed by atoms with Crippen LogP contribution in [0.3, 0.4) is 0 Å². The highest BCUT2D eigenvalue weighted by atomic mass is 35.5. The van der Waals surface area contributed by atoms with Crippen LogP contribution in [0.1, 0.15) is 25.1 Å². The Kier molecular flexibility index (Phi) is 7.08. The van der Waals surface area contributed by atoms with E-state index in [1.807, 2.05) is 0 Å². The van der Waals surface area contributed by atoms with Gasteiger partial charge in [0, 0.05) is 24.9 Å². The Morgan fingerprint density at radius 1 is 1.34 bits per heavy atom. The molecule has 2 aromatic heterocycles. The number of nitrogens with zero attached hydrogens (tertiary/aromatic N) is 3. The molecule has 2 aliphatic rings. The predicted molar refractivity (Wildman–Crippen MR) is 117 cm³/mol. The summed E-state index contributed by atoms with van der Waals surface area (Å²) in [4.78, 5) is 31.5. The van der Waals surface area contributed by atoms with Gasteiger partial charge in [-0.25, -0.2) is 18.3 Å². The van der Waals surface area contributed by atoms with Crippen molar-refractivity contribution in [2.75, 3.05) is 24.4 Å². The van der Waals surface area contributed by atoms with Gasteiger partial charge in [-0.3, -0.25) is 9.13 Å². The van der Waals surface area contributed by atoms with E-state index < -0.39 is 64.1 Å². The first-order valence-corrected chi connectivity index (χ1v) is 14.2. The number of hydrogen-bond donors (Lipinski definition) is 6. The Balaban J connectivity index is 1.54. The third-order valence-corrected chi connectivity index (χ3v) is 9.43. The van der Waals surface area contributed by atoms with Crippen molar-refractivity contribution in [1.82, 2.24) is 14.6 Å². The molecule has 2 aromatic rings. The SMILES string of the molecule is O=P(O)(O)CP(=O)(O)OC[C@H]1OC[C@@](O)(c2ncc3c(N[C@@H]4CCC(F)(F)C4)cc(Cl)nn23)[C@@H]1O. The fourth-order valence-electron chi connectivity index (χ4n) is 4.17. The van der Waals surface area contributed by atoms with E-state index in [9.17, 15) is 33.0 Å². The molecule has 35 heavy (non-hydrogen) atoms. The van der Waals surface area contributed by atoms with Crippen molar-refractivity contribution >= 4 is 38.0 Å². The summed E-state index contributed by atoms with van der Waals surface area (Å²) in [5, 5.41) is 28.9. The first kappa shape index (κ1) is 26.8. The molecule has 1 aliphatic carbocycles. The van der Waals surface area contributed by atoms with Crippen LogP contribution >= 0.6 is 26.8 Å². The summed E-state index contributed by atoms with van der Waals surface area (Å²) in [5.41, 5.74) is -1.57. The van der Waals surface area contributed by atoms with Crippen LogP contribution in [0.5, 0.6) is 0 Å². The summed E-state index contributed by atoms with van der Waals surface area (Å²) in [6.45, 7) is -1.31. The van der Waals surface area contributed by atoms with E-state index in [1.165, 1.54) is 12.3 Å². The molecule has 4 rings (SSSR count). The number of halogens is 3. The van der Waals surface area contributed by atoms with E-state index in [4.69, 9.17) is 26.1 Å². The van der Waals surface area contributed by atoms with Crippen LogP contribution < -0.4 is 5.32 Å². The molecule has 18 heteroatoms. The lowest BCUT2D eigenvalue weighted by molar-refractivity contribution is -0.0652. The zero-order valence-electron chi connectivity index (χ0n) is 17.9. The molecule has 1 unspecified atom stereocenters. The molecule has 5 atom stereocenters. The van der Waals surface area contributed by atoms with Gasteiger partial charge >= 0.3 is 15.2 Å². The Labute approximate surface area is 201 Å². The maximum Gasteiger partial charge on any atom is 0.340 e. The van der Waals surface area contributed by atoms with E-state index in [-0.39, 0.29) is 35.8 Å². The monoisotopic (exact) mass is 562 g/mol. The largest absolute Gasteiger partial charge is 0.387 e. The minimum Gasteiger partial charge on any atom is -0.387 e. The number of anilines is 1. The maximum atomic E-state index is 13.6. The lowest BCUT2D eigenvalue weighted by Gasteiger charge is -2.25. The average molecular weight is 563 g/mol. The molecular weight excluding hydrogens is 540 g/mol. The Morgan fingerprint density at radius 3 is 2.69 bits per heavy atom. The molecular formula is C17H23ClF2N4O9P2. The number of nitrogens with one attached hydrogen (secondary N) is 1. The Hall–Kier alpha value is -1.25. The molecule has 0 aromatic carbocycles. The van der Waals surface area contributed by atoms with Gasteiger partial charge in [0.05, 0.1) is 25.1 Å². The second-order valence-electron chi connectivity index (χ2n) is 8.66. The van der Waals surface area contributed by atoms with E-state index >= 15 is 0 Å². The minimum atomic E-state index is -4.86. The summed E-state index contributed by atoms with van der Waals surface area (Å²) in [5.74, 6) is -4.41. The van der Waals surface area contributed by atoms with Gasteiger partial charge in [0.15, 0.2) is 22.5 Å². The third-order valence-electron chi connectivity index (χ3n) is 5.79. The second-order valence-corrected chi connectivity index (χ2v) is 13.0. The number of rotatable bonds is 8. The van der Waals surface area contributed by atoms with E-state index in [0.717, 1.165) is 4.52 Å². The van der Waals surface area contributed by atoms with Crippen LogP contribution in [0, 0.1) is 0 Å². The van der Waals surface area contributed by atoms with Crippen LogP contribution in [-0.4, -0.2) is 82.8 Å². The zero-order valence-corrected chi connectivity index (χ0v) is 20.4. The second kappa shape index (κ2) is 9.25. The lowest BCUT2D eigenvalue weighted by atomic mass is 9.96. The van der Waals surface area contributed by atoms with Gasteiger partial charge in [-0.05, 0) is 6.42 Å². The third kappa shape index (κ3) is 5.85. The van der Waals surface area contributed by atoms with E-state index in [0.29, 0.717) is 5.69 Å². The van der Waals surface area contributed by atoms with Crippen molar-refractivity contribution in [1.29, 1.82) is 0 Å². The highest BCUT2D eigenvalue weighted by molar-refractivity contribution is 7.70. The van der Waals surface area contributed by atoms with E-state index in [1.54, 1.807) is 0 Å². The molecule has 3 heterocycles. The molecule has 13 nitrogen and oxygen atoms in total. The van der Waals surface area contributed by atoms with E-state index in [2.05, 4.69) is 19.9 Å². The number of aliphatic hydroxyl groups is 2. The molecule has 0 radical (unpaired) electrons. The number of fused-ring (bicyclic) bond motifs is 1.